The van der Waals surface area contributed by atoms with Crippen LogP contribution in [0, 0.1) is 0 Å². The van der Waals surface area contributed by atoms with Crippen LogP contribution in [0.2, 0.25) is 0 Å². The van der Waals surface area contributed by atoms with Crippen molar-refractivity contribution in [3.63, 3.8) is 0 Å². The number of anilines is 1. The second kappa shape index (κ2) is 12.6. The molecule has 1 atom stereocenters. The lowest BCUT2D eigenvalue weighted by molar-refractivity contribution is -0.125. The topological polar surface area (TPSA) is 82.2 Å². The third-order valence-electron chi connectivity index (χ3n) is 7.73. The Morgan fingerprint density at radius 1 is 1.10 bits per heavy atom. The van der Waals surface area contributed by atoms with Crippen LogP contribution >= 0.6 is 11.3 Å². The lowest BCUT2D eigenvalue weighted by atomic mass is 10.1. The molecule has 3 heterocycles. The van der Waals surface area contributed by atoms with Crippen molar-refractivity contribution >= 4 is 45.2 Å². The van der Waals surface area contributed by atoms with E-state index < -0.39 is 6.04 Å². The number of likely N-dealkylation sites (N-methyl/N-ethyl adjacent to an activating group) is 1. The molecular weight excluding hydrogens is 512 g/mol. The quantitative estimate of drug-likeness (QED) is 0.273. The fourth-order valence-electron chi connectivity index (χ4n) is 5.59. The smallest absolute Gasteiger partial charge is 0.255 e. The lowest BCUT2D eigenvalue weighted by Crippen LogP contribution is -2.46. The molecule has 0 bridgehead atoms. The summed E-state index contributed by atoms with van der Waals surface area (Å²) in [6.45, 7) is 6.13. The van der Waals surface area contributed by atoms with Gasteiger partial charge in [0.2, 0.25) is 5.91 Å². The van der Waals surface area contributed by atoms with E-state index in [4.69, 9.17) is 4.74 Å². The molecule has 5 rings (SSSR count). The van der Waals surface area contributed by atoms with Gasteiger partial charge in [0.25, 0.3) is 5.91 Å². The molecule has 2 amide bonds. The molecule has 0 saturated carbocycles. The Bertz CT molecular complexity index is 1320. The van der Waals surface area contributed by atoms with Crippen molar-refractivity contribution in [2.75, 3.05) is 51.3 Å². The third kappa shape index (κ3) is 5.94. The fourth-order valence-corrected chi connectivity index (χ4v) is 6.53. The summed E-state index contributed by atoms with van der Waals surface area (Å²) in [5, 5.41) is 6.11. The summed E-state index contributed by atoms with van der Waals surface area (Å²) < 4.78 is 7.51. The van der Waals surface area contributed by atoms with Gasteiger partial charge in [-0.3, -0.25) is 14.5 Å². The highest BCUT2D eigenvalue weighted by molar-refractivity contribution is 7.17. The lowest BCUT2D eigenvalue weighted by Gasteiger charge is -2.36. The zero-order chi connectivity index (χ0) is 27.2. The van der Waals surface area contributed by atoms with Gasteiger partial charge in [0.1, 0.15) is 18.1 Å². The number of hydrogen-bond donors (Lipinski definition) is 1. The number of piperazine rings is 1. The first-order valence-corrected chi connectivity index (χ1v) is 14.6. The maximum atomic E-state index is 13.1. The Morgan fingerprint density at radius 2 is 1.92 bits per heavy atom. The normalized spacial score (nSPS) is 16.4. The number of carbonyl (C=O) groups is 3. The summed E-state index contributed by atoms with van der Waals surface area (Å²) in [5.74, 6) is 0.250. The first-order chi connectivity index (χ1) is 19.1. The van der Waals surface area contributed by atoms with Crippen LogP contribution in [0.4, 0.5) is 5.69 Å². The van der Waals surface area contributed by atoms with Crippen molar-refractivity contribution in [1.82, 2.24) is 15.1 Å². The van der Waals surface area contributed by atoms with Crippen molar-refractivity contribution in [2.45, 2.75) is 38.3 Å². The summed E-state index contributed by atoms with van der Waals surface area (Å²) in [6, 6.07) is 13.6. The number of thiophene rings is 1. The minimum atomic E-state index is -0.674. The standard InChI is InChI=1S/C30H36N4O4S/c1-31-29(36)26(10-6-18-35)34-21-24-23(30(34)37)8-5-11-27(24)38-19-3-2-13-32-14-16-33(17-15-32)25-9-4-7-22-12-20-39-28(22)25/h4-5,7-9,11-12,18,20,26H,2-3,6,10,13-17,19,21H2,1H3,(H,31,36). The van der Waals surface area contributed by atoms with Crippen molar-refractivity contribution in [3.8, 4) is 5.75 Å². The van der Waals surface area contributed by atoms with Crippen molar-refractivity contribution in [2.24, 2.45) is 0 Å². The molecule has 39 heavy (non-hydrogen) atoms. The number of ether oxygens (including phenoxy) is 1. The van der Waals surface area contributed by atoms with Crippen molar-refractivity contribution in [1.29, 1.82) is 0 Å². The number of nitrogens with one attached hydrogen (secondary N) is 1. The average Bonchev–Trinajstić information content (AvgIpc) is 3.58. The van der Waals surface area contributed by atoms with Crippen LogP contribution < -0.4 is 15.0 Å². The number of amides is 2. The predicted octanol–water partition coefficient (Wildman–Crippen LogP) is 3.93. The third-order valence-corrected chi connectivity index (χ3v) is 8.69. The van der Waals surface area contributed by atoms with Gasteiger partial charge in [0.15, 0.2) is 0 Å². The summed E-state index contributed by atoms with van der Waals surface area (Å²) in [4.78, 5) is 43.0. The second-order valence-electron chi connectivity index (χ2n) is 10.1. The van der Waals surface area contributed by atoms with Gasteiger partial charge in [0.05, 0.1) is 23.5 Å². The number of aldehydes is 1. The molecule has 2 aromatic carbocycles. The van der Waals surface area contributed by atoms with Gasteiger partial charge < -0.3 is 24.6 Å². The Labute approximate surface area is 233 Å². The Kier molecular flexibility index (Phi) is 8.78. The average molecular weight is 549 g/mol. The fraction of sp³-hybridized carbons (Fsp3) is 0.433. The molecule has 1 fully saturated rings. The van der Waals surface area contributed by atoms with Crippen LogP contribution in [0.5, 0.6) is 5.75 Å². The van der Waals surface area contributed by atoms with E-state index in [2.05, 4.69) is 44.8 Å². The van der Waals surface area contributed by atoms with E-state index in [0.29, 0.717) is 30.9 Å². The molecule has 0 radical (unpaired) electrons. The minimum absolute atomic E-state index is 0.190. The van der Waals surface area contributed by atoms with Crippen LogP contribution in [0.15, 0.2) is 47.8 Å². The molecule has 1 aromatic heterocycles. The van der Waals surface area contributed by atoms with Gasteiger partial charge in [0, 0.05) is 50.8 Å². The molecule has 0 spiro atoms. The number of unbranched alkanes of at least 4 members (excludes halogenated alkanes) is 1. The zero-order valence-corrected chi connectivity index (χ0v) is 23.3. The van der Waals surface area contributed by atoms with Crippen molar-refractivity contribution in [3.05, 3.63) is 59.0 Å². The van der Waals surface area contributed by atoms with E-state index in [1.54, 1.807) is 18.0 Å². The Morgan fingerprint density at radius 3 is 2.72 bits per heavy atom. The van der Waals surface area contributed by atoms with Crippen molar-refractivity contribution < 1.29 is 19.1 Å². The van der Waals surface area contributed by atoms with E-state index in [1.165, 1.54) is 15.8 Å². The molecule has 206 valence electrons. The SMILES string of the molecule is CNC(=O)C(CCC=O)N1Cc2c(OCCCCN3CCN(c4cccc5ccsc45)CC3)cccc2C1=O. The van der Waals surface area contributed by atoms with Crippen LogP contribution in [0.25, 0.3) is 10.1 Å². The largest absolute Gasteiger partial charge is 0.493 e. The van der Waals surface area contributed by atoms with Crippen LogP contribution in [-0.2, 0) is 16.1 Å². The maximum absolute atomic E-state index is 13.1. The molecule has 0 aliphatic carbocycles. The minimum Gasteiger partial charge on any atom is -0.493 e. The van der Waals surface area contributed by atoms with E-state index in [0.717, 1.165) is 57.4 Å². The predicted molar refractivity (Wildman–Crippen MR) is 155 cm³/mol. The molecule has 1 N–H and O–H groups in total. The highest BCUT2D eigenvalue weighted by Gasteiger charge is 2.37. The van der Waals surface area contributed by atoms with E-state index >= 15 is 0 Å². The Hall–Kier alpha value is -3.43. The molecule has 2 aliphatic heterocycles. The second-order valence-corrected chi connectivity index (χ2v) is 11.0. The molecule has 8 nitrogen and oxygen atoms in total. The number of fused-ring (bicyclic) bond motifs is 2. The monoisotopic (exact) mass is 548 g/mol. The number of carbonyl (C=O) groups excluding carboxylic acids is 3. The zero-order valence-electron chi connectivity index (χ0n) is 22.4. The summed E-state index contributed by atoms with van der Waals surface area (Å²) in [5.41, 5.74) is 2.75. The van der Waals surface area contributed by atoms with Crippen LogP contribution in [0.3, 0.4) is 0 Å². The summed E-state index contributed by atoms with van der Waals surface area (Å²) in [7, 11) is 1.55. The highest BCUT2D eigenvalue weighted by Crippen LogP contribution is 2.34. The summed E-state index contributed by atoms with van der Waals surface area (Å²) in [6.07, 6.45) is 3.28. The van der Waals surface area contributed by atoms with Gasteiger partial charge in [-0.05, 0) is 60.8 Å². The van der Waals surface area contributed by atoms with Crippen LogP contribution in [-0.4, -0.2) is 80.3 Å². The van der Waals surface area contributed by atoms with Crippen LogP contribution in [0.1, 0.15) is 41.6 Å². The number of benzene rings is 2. The van der Waals surface area contributed by atoms with Gasteiger partial charge >= 0.3 is 0 Å². The number of nitrogens with zero attached hydrogens (tertiary/aromatic N) is 3. The first-order valence-electron chi connectivity index (χ1n) is 13.7. The first kappa shape index (κ1) is 27.1. The maximum Gasteiger partial charge on any atom is 0.255 e. The number of rotatable bonds is 12. The molecule has 3 aromatic rings. The van der Waals surface area contributed by atoms with E-state index in [1.807, 2.05) is 23.5 Å². The molecular formula is C30H36N4O4S. The van der Waals surface area contributed by atoms with Gasteiger partial charge in [-0.1, -0.05) is 18.2 Å². The van der Waals surface area contributed by atoms with E-state index in [9.17, 15) is 14.4 Å². The van der Waals surface area contributed by atoms with Gasteiger partial charge in [-0.25, -0.2) is 0 Å². The highest BCUT2D eigenvalue weighted by atomic mass is 32.1. The molecule has 2 aliphatic rings. The van der Waals surface area contributed by atoms with E-state index in [-0.39, 0.29) is 18.2 Å². The Balaban J connectivity index is 1.08. The molecule has 1 saturated heterocycles. The summed E-state index contributed by atoms with van der Waals surface area (Å²) >= 11 is 1.82. The molecule has 1 unspecified atom stereocenters. The molecule has 9 heteroatoms. The number of hydrogen-bond acceptors (Lipinski definition) is 7. The van der Waals surface area contributed by atoms with Gasteiger partial charge in [-0.2, -0.15) is 0 Å². The van der Waals surface area contributed by atoms with Gasteiger partial charge in [-0.15, -0.1) is 11.3 Å².